The number of nitrogens with zero attached hydrogens (tertiary/aromatic N) is 4. The van der Waals surface area contributed by atoms with Crippen molar-refractivity contribution in [2.24, 2.45) is 0 Å². The normalized spacial score (nSPS) is 14.1. The molecule has 1 amide bonds. The van der Waals surface area contributed by atoms with Gasteiger partial charge >= 0.3 is 5.69 Å². The number of carbonyl (C=O) groups is 1. The maximum Gasteiger partial charge on any atom is 0.346 e. The van der Waals surface area contributed by atoms with E-state index in [4.69, 9.17) is 0 Å². The Kier molecular flexibility index (Phi) is 4.85. The van der Waals surface area contributed by atoms with Crippen molar-refractivity contribution in [1.82, 2.24) is 24.6 Å². The Morgan fingerprint density at radius 2 is 2.17 bits per heavy atom. The van der Waals surface area contributed by atoms with E-state index in [0.29, 0.717) is 19.5 Å². The van der Waals surface area contributed by atoms with Crippen molar-refractivity contribution in [2.75, 3.05) is 6.54 Å². The maximum atomic E-state index is 12.3. The summed E-state index contributed by atoms with van der Waals surface area (Å²) in [6.45, 7) is 1.18. The molecule has 0 bridgehead atoms. The number of hydrogen-bond donors (Lipinski definition) is 1. The van der Waals surface area contributed by atoms with E-state index >= 15 is 0 Å². The molecule has 7 heteroatoms. The van der Waals surface area contributed by atoms with Crippen molar-refractivity contribution < 1.29 is 4.79 Å². The summed E-state index contributed by atoms with van der Waals surface area (Å²) in [6, 6.07) is 5.70. The molecule has 0 aliphatic carbocycles. The SMILES string of the molecule is O=C(Cn1nc2n(c1=O)CCCCC2)NCCc1ccccn1. The number of nitrogens with one attached hydrogen (secondary N) is 1. The van der Waals surface area contributed by atoms with Crippen LogP contribution in [-0.4, -0.2) is 31.8 Å². The van der Waals surface area contributed by atoms with Gasteiger partial charge in [-0.25, -0.2) is 9.48 Å². The van der Waals surface area contributed by atoms with E-state index in [-0.39, 0.29) is 18.1 Å². The predicted molar refractivity (Wildman–Crippen MR) is 85.0 cm³/mol. The molecule has 7 nitrogen and oxygen atoms in total. The number of rotatable bonds is 5. The highest BCUT2D eigenvalue weighted by Gasteiger charge is 2.16. The van der Waals surface area contributed by atoms with Crippen molar-refractivity contribution >= 4 is 5.91 Å². The van der Waals surface area contributed by atoms with Gasteiger partial charge in [-0.1, -0.05) is 12.5 Å². The van der Waals surface area contributed by atoms with E-state index in [2.05, 4.69) is 15.4 Å². The largest absolute Gasteiger partial charge is 0.354 e. The van der Waals surface area contributed by atoms with Crippen LogP contribution in [0.1, 0.15) is 30.8 Å². The molecule has 23 heavy (non-hydrogen) atoms. The number of carbonyl (C=O) groups excluding carboxylic acids is 1. The molecule has 3 rings (SSSR count). The first kappa shape index (κ1) is 15.5. The van der Waals surface area contributed by atoms with Gasteiger partial charge in [-0.05, 0) is 25.0 Å². The number of pyridine rings is 1. The Morgan fingerprint density at radius 3 is 3.00 bits per heavy atom. The van der Waals surface area contributed by atoms with Crippen molar-refractivity contribution in [3.63, 3.8) is 0 Å². The van der Waals surface area contributed by atoms with E-state index in [0.717, 1.165) is 37.2 Å². The predicted octanol–water partition coefficient (Wildman–Crippen LogP) is 0.525. The van der Waals surface area contributed by atoms with E-state index in [1.807, 2.05) is 18.2 Å². The summed E-state index contributed by atoms with van der Waals surface area (Å²) in [7, 11) is 0. The molecule has 1 N–H and O–H groups in total. The van der Waals surface area contributed by atoms with Gasteiger partial charge in [-0.2, -0.15) is 5.10 Å². The zero-order valence-electron chi connectivity index (χ0n) is 13.1. The molecule has 122 valence electrons. The topological polar surface area (TPSA) is 81.8 Å². The third kappa shape index (κ3) is 3.85. The molecule has 0 unspecified atom stereocenters. The Labute approximate surface area is 134 Å². The molecule has 0 spiro atoms. The standard InChI is InChI=1S/C16H21N5O2/c22-15(18-10-8-13-6-3-4-9-17-13)12-21-16(23)20-11-5-1-2-7-14(20)19-21/h3-4,6,9H,1-2,5,7-8,10-12H2,(H,18,22). The van der Waals surface area contributed by atoms with Crippen molar-refractivity contribution in [3.8, 4) is 0 Å². The quantitative estimate of drug-likeness (QED) is 0.872. The highest BCUT2D eigenvalue weighted by Crippen LogP contribution is 2.10. The second kappa shape index (κ2) is 7.21. The number of amides is 1. The van der Waals surface area contributed by atoms with E-state index in [1.54, 1.807) is 10.8 Å². The van der Waals surface area contributed by atoms with Crippen LogP contribution >= 0.6 is 0 Å². The van der Waals surface area contributed by atoms with Gasteiger partial charge in [0.05, 0.1) is 0 Å². The molecule has 0 saturated heterocycles. The van der Waals surface area contributed by atoms with Crippen molar-refractivity contribution in [1.29, 1.82) is 0 Å². The minimum Gasteiger partial charge on any atom is -0.354 e. The number of hydrogen-bond acceptors (Lipinski definition) is 4. The molecule has 3 heterocycles. The minimum atomic E-state index is -0.198. The zero-order valence-corrected chi connectivity index (χ0v) is 13.1. The van der Waals surface area contributed by atoms with Gasteiger partial charge in [0.1, 0.15) is 12.4 Å². The summed E-state index contributed by atoms with van der Waals surface area (Å²) in [5.41, 5.74) is 0.750. The summed E-state index contributed by atoms with van der Waals surface area (Å²) >= 11 is 0. The molecular weight excluding hydrogens is 294 g/mol. The first-order chi connectivity index (χ1) is 11.2. The van der Waals surface area contributed by atoms with Gasteiger partial charge < -0.3 is 5.32 Å². The van der Waals surface area contributed by atoms with Crippen LogP contribution in [0.3, 0.4) is 0 Å². The fourth-order valence-corrected chi connectivity index (χ4v) is 2.80. The molecule has 0 radical (unpaired) electrons. The van der Waals surface area contributed by atoms with E-state index in [9.17, 15) is 9.59 Å². The van der Waals surface area contributed by atoms with Gasteiger partial charge in [0.2, 0.25) is 5.91 Å². The summed E-state index contributed by atoms with van der Waals surface area (Å²) in [4.78, 5) is 28.5. The van der Waals surface area contributed by atoms with Crippen LogP contribution in [0.15, 0.2) is 29.2 Å². The summed E-state index contributed by atoms with van der Waals surface area (Å²) in [5.74, 6) is 0.602. The molecule has 0 aromatic carbocycles. The van der Waals surface area contributed by atoms with Gasteiger partial charge in [0.15, 0.2) is 0 Å². The van der Waals surface area contributed by atoms with Crippen LogP contribution in [0.4, 0.5) is 0 Å². The van der Waals surface area contributed by atoms with Gasteiger partial charge in [-0.15, -0.1) is 0 Å². The molecular formula is C16H21N5O2. The first-order valence-electron chi connectivity index (χ1n) is 8.07. The van der Waals surface area contributed by atoms with Crippen molar-refractivity contribution in [2.45, 2.75) is 45.2 Å². The van der Waals surface area contributed by atoms with Crippen LogP contribution < -0.4 is 11.0 Å². The Balaban J connectivity index is 1.55. The average Bonchev–Trinajstić information content (AvgIpc) is 2.74. The molecule has 2 aromatic heterocycles. The first-order valence-corrected chi connectivity index (χ1v) is 8.07. The van der Waals surface area contributed by atoms with Gasteiger partial charge in [-0.3, -0.25) is 14.3 Å². The number of aryl methyl sites for hydroxylation is 1. The van der Waals surface area contributed by atoms with Gasteiger partial charge in [0.25, 0.3) is 0 Å². The third-order valence-electron chi connectivity index (χ3n) is 4.00. The third-order valence-corrected chi connectivity index (χ3v) is 4.00. The average molecular weight is 315 g/mol. The smallest absolute Gasteiger partial charge is 0.346 e. The van der Waals surface area contributed by atoms with Crippen LogP contribution in [-0.2, 0) is 30.7 Å². The fourth-order valence-electron chi connectivity index (χ4n) is 2.80. The highest BCUT2D eigenvalue weighted by atomic mass is 16.2. The Morgan fingerprint density at radius 1 is 1.26 bits per heavy atom. The molecule has 1 aliphatic rings. The number of fused-ring (bicyclic) bond motifs is 1. The zero-order chi connectivity index (χ0) is 16.1. The van der Waals surface area contributed by atoms with Crippen LogP contribution in [0.5, 0.6) is 0 Å². The van der Waals surface area contributed by atoms with E-state index < -0.39 is 0 Å². The molecule has 1 aliphatic heterocycles. The number of aromatic nitrogens is 4. The lowest BCUT2D eigenvalue weighted by atomic mass is 10.2. The lowest BCUT2D eigenvalue weighted by Crippen LogP contribution is -2.34. The summed E-state index contributed by atoms with van der Waals surface area (Å²) < 4.78 is 2.98. The molecule has 0 saturated carbocycles. The van der Waals surface area contributed by atoms with Crippen molar-refractivity contribution in [3.05, 3.63) is 46.4 Å². The van der Waals surface area contributed by atoms with Crippen LogP contribution in [0.25, 0.3) is 0 Å². The van der Waals surface area contributed by atoms with Crippen LogP contribution in [0.2, 0.25) is 0 Å². The van der Waals surface area contributed by atoms with E-state index in [1.165, 1.54) is 4.68 Å². The second-order valence-electron chi connectivity index (χ2n) is 5.74. The highest BCUT2D eigenvalue weighted by molar-refractivity contribution is 5.75. The summed E-state index contributed by atoms with van der Waals surface area (Å²) in [5, 5.41) is 7.12. The fraction of sp³-hybridized carbons (Fsp3) is 0.500. The molecule has 0 fully saturated rings. The lowest BCUT2D eigenvalue weighted by Gasteiger charge is -2.04. The van der Waals surface area contributed by atoms with Gasteiger partial charge in [0, 0.05) is 37.8 Å². The summed E-state index contributed by atoms with van der Waals surface area (Å²) in [6.07, 6.45) is 6.37. The molecule has 0 atom stereocenters. The lowest BCUT2D eigenvalue weighted by molar-refractivity contribution is -0.121. The Bertz CT molecular complexity index is 720. The minimum absolute atomic E-state index is 0.0267. The maximum absolute atomic E-state index is 12.3. The monoisotopic (exact) mass is 315 g/mol. The Hall–Kier alpha value is -2.44. The second-order valence-corrected chi connectivity index (χ2v) is 5.74. The van der Waals surface area contributed by atoms with Crippen LogP contribution in [0, 0.1) is 0 Å². The molecule has 2 aromatic rings.